The first kappa shape index (κ1) is 20.5. The Kier molecular flexibility index (Phi) is 5.80. The second-order valence-electron chi connectivity index (χ2n) is 8.84. The van der Waals surface area contributed by atoms with Crippen LogP contribution in [-0.2, 0) is 11.3 Å². The molecule has 1 saturated carbocycles. The number of aryl methyl sites for hydroxylation is 3. The topological polar surface area (TPSA) is 52.6 Å². The Morgan fingerprint density at radius 1 is 0.967 bits per heavy atom. The van der Waals surface area contributed by atoms with Gasteiger partial charge in [-0.05, 0) is 63.3 Å². The third kappa shape index (κ3) is 4.35. The van der Waals surface area contributed by atoms with Crippen LogP contribution < -0.4 is 10.2 Å². The molecule has 1 aliphatic carbocycles. The van der Waals surface area contributed by atoms with Crippen LogP contribution in [0, 0.1) is 26.7 Å². The van der Waals surface area contributed by atoms with Crippen molar-refractivity contribution in [2.45, 2.75) is 53.0 Å². The number of hydrogen-bond donors (Lipinski definition) is 1. The normalized spacial score (nSPS) is 17.1. The minimum Gasteiger partial charge on any atom is -0.324 e. The van der Waals surface area contributed by atoms with E-state index in [1.165, 1.54) is 11.1 Å². The number of nitrogens with zero attached hydrogens (tertiary/aromatic N) is 2. The summed E-state index contributed by atoms with van der Waals surface area (Å²) in [6.45, 7) is 8.20. The predicted octanol–water partition coefficient (Wildman–Crippen LogP) is 5.18. The molecular formula is C25H31N3O2. The van der Waals surface area contributed by atoms with Gasteiger partial charge in [-0.3, -0.25) is 9.69 Å². The number of carbonyl (C=O) groups is 2. The molecule has 3 amide bonds. The van der Waals surface area contributed by atoms with E-state index in [0.29, 0.717) is 13.1 Å². The van der Waals surface area contributed by atoms with E-state index in [1.54, 1.807) is 0 Å². The van der Waals surface area contributed by atoms with Gasteiger partial charge in [0.2, 0.25) is 5.91 Å². The number of rotatable bonds is 5. The van der Waals surface area contributed by atoms with Crippen LogP contribution in [0.25, 0.3) is 0 Å². The van der Waals surface area contributed by atoms with Crippen molar-refractivity contribution in [2.24, 2.45) is 5.92 Å². The van der Waals surface area contributed by atoms with Gasteiger partial charge in [0.25, 0.3) is 0 Å². The number of hydrogen-bond acceptors (Lipinski definition) is 2. The monoisotopic (exact) mass is 405 g/mol. The first-order valence-electron chi connectivity index (χ1n) is 11.0. The number of carbonyl (C=O) groups excluding carboxylic acids is 2. The van der Waals surface area contributed by atoms with E-state index in [0.717, 1.165) is 54.7 Å². The molecule has 0 aromatic heterocycles. The highest BCUT2D eigenvalue weighted by Crippen LogP contribution is 2.33. The van der Waals surface area contributed by atoms with Crippen molar-refractivity contribution in [3.8, 4) is 0 Å². The van der Waals surface area contributed by atoms with Crippen LogP contribution in [0.3, 0.4) is 0 Å². The highest BCUT2D eigenvalue weighted by Gasteiger charge is 2.30. The first-order chi connectivity index (χ1) is 14.4. The van der Waals surface area contributed by atoms with Crippen molar-refractivity contribution in [1.82, 2.24) is 4.90 Å². The molecule has 2 aliphatic rings. The van der Waals surface area contributed by atoms with E-state index in [2.05, 4.69) is 37.4 Å². The molecule has 0 atom stereocenters. The number of nitrogens with one attached hydrogen (secondary N) is 1. The maximum Gasteiger partial charge on any atom is 0.324 e. The zero-order valence-electron chi connectivity index (χ0n) is 18.2. The molecule has 1 N–H and O–H groups in total. The number of urea groups is 1. The van der Waals surface area contributed by atoms with E-state index in [9.17, 15) is 9.59 Å². The number of amides is 3. The van der Waals surface area contributed by atoms with Gasteiger partial charge in [-0.1, -0.05) is 41.8 Å². The maximum absolute atomic E-state index is 13.4. The molecule has 158 valence electrons. The van der Waals surface area contributed by atoms with Gasteiger partial charge < -0.3 is 10.2 Å². The molecule has 4 rings (SSSR count). The summed E-state index contributed by atoms with van der Waals surface area (Å²) in [5, 5.41) is 3.10. The molecule has 5 nitrogen and oxygen atoms in total. The largest absolute Gasteiger partial charge is 0.324 e. The molecule has 1 saturated heterocycles. The fourth-order valence-corrected chi connectivity index (χ4v) is 4.42. The lowest BCUT2D eigenvalue weighted by Gasteiger charge is -2.37. The molecule has 5 heteroatoms. The van der Waals surface area contributed by atoms with E-state index >= 15 is 0 Å². The Hall–Kier alpha value is -2.82. The Morgan fingerprint density at radius 2 is 1.70 bits per heavy atom. The lowest BCUT2D eigenvalue weighted by atomic mass is 9.85. The van der Waals surface area contributed by atoms with Gasteiger partial charge in [-0.2, -0.15) is 0 Å². The van der Waals surface area contributed by atoms with Crippen LogP contribution in [0.2, 0.25) is 0 Å². The fraction of sp³-hybridized carbons (Fsp3) is 0.440. The second-order valence-corrected chi connectivity index (χ2v) is 8.84. The van der Waals surface area contributed by atoms with Crippen molar-refractivity contribution in [3.63, 3.8) is 0 Å². The van der Waals surface area contributed by atoms with Gasteiger partial charge in [-0.15, -0.1) is 0 Å². The molecule has 0 radical (unpaired) electrons. The molecule has 1 heterocycles. The first-order valence-corrected chi connectivity index (χ1v) is 11.0. The average Bonchev–Trinajstić information content (AvgIpc) is 2.62. The van der Waals surface area contributed by atoms with E-state index in [-0.39, 0.29) is 17.9 Å². The molecule has 0 bridgehead atoms. The lowest BCUT2D eigenvalue weighted by molar-refractivity contribution is -0.122. The summed E-state index contributed by atoms with van der Waals surface area (Å²) in [5.74, 6) is 0.182. The van der Waals surface area contributed by atoms with Crippen LogP contribution in [0.15, 0.2) is 36.4 Å². The molecule has 2 fully saturated rings. The Morgan fingerprint density at radius 3 is 2.37 bits per heavy atom. The summed E-state index contributed by atoms with van der Waals surface area (Å²) in [6.07, 6.45) is 3.94. The number of benzene rings is 2. The van der Waals surface area contributed by atoms with Gasteiger partial charge in [0.05, 0.1) is 11.4 Å². The van der Waals surface area contributed by atoms with Gasteiger partial charge in [0.15, 0.2) is 0 Å². The zero-order valence-corrected chi connectivity index (χ0v) is 18.2. The summed E-state index contributed by atoms with van der Waals surface area (Å²) in [6, 6.07) is 12.4. The Bertz CT molecular complexity index is 945. The van der Waals surface area contributed by atoms with E-state index in [4.69, 9.17) is 0 Å². The van der Waals surface area contributed by atoms with Crippen molar-refractivity contribution >= 4 is 23.3 Å². The van der Waals surface area contributed by atoms with Crippen LogP contribution >= 0.6 is 0 Å². The summed E-state index contributed by atoms with van der Waals surface area (Å²) in [7, 11) is 0. The van der Waals surface area contributed by atoms with Crippen LogP contribution in [0.5, 0.6) is 0 Å². The van der Waals surface area contributed by atoms with Crippen LogP contribution in [0.1, 0.15) is 47.9 Å². The van der Waals surface area contributed by atoms with E-state index < -0.39 is 0 Å². The van der Waals surface area contributed by atoms with Crippen LogP contribution in [0.4, 0.5) is 16.2 Å². The molecule has 0 spiro atoms. The molecule has 1 aliphatic heterocycles. The molecule has 2 aromatic carbocycles. The number of anilines is 2. The smallest absolute Gasteiger partial charge is 0.324 e. The van der Waals surface area contributed by atoms with Gasteiger partial charge in [-0.25, -0.2) is 4.79 Å². The average molecular weight is 406 g/mol. The van der Waals surface area contributed by atoms with Crippen molar-refractivity contribution < 1.29 is 9.59 Å². The SMILES string of the molecule is Cc1cc(C)cc(CN2CCCN(c3ccc(C)cc3NC(=O)C3CCC3)C2=O)c1. The highest BCUT2D eigenvalue weighted by molar-refractivity contribution is 6.01. The standard InChI is InChI=1S/C25H31N3O2/c1-17-8-9-23(22(15-17)26-24(29)21-6-4-7-21)28-11-5-10-27(25(28)30)16-20-13-18(2)12-19(3)14-20/h8-9,12-15,21H,4-7,10-11,16H2,1-3H3,(H,26,29). The minimum atomic E-state index is 0.00315. The van der Waals surface area contributed by atoms with Gasteiger partial charge >= 0.3 is 6.03 Å². The quantitative estimate of drug-likeness (QED) is 0.745. The summed E-state index contributed by atoms with van der Waals surface area (Å²) in [5.41, 5.74) is 6.19. The van der Waals surface area contributed by atoms with Crippen molar-refractivity contribution in [2.75, 3.05) is 23.3 Å². The third-order valence-corrected chi connectivity index (χ3v) is 6.14. The Balaban J connectivity index is 1.55. The molecule has 0 unspecified atom stereocenters. The van der Waals surface area contributed by atoms with Gasteiger partial charge in [0, 0.05) is 25.6 Å². The Labute approximate surface area is 179 Å². The lowest BCUT2D eigenvalue weighted by Crippen LogP contribution is -2.49. The predicted molar refractivity (Wildman–Crippen MR) is 121 cm³/mol. The summed E-state index contributed by atoms with van der Waals surface area (Å²) in [4.78, 5) is 29.7. The second kappa shape index (κ2) is 8.50. The van der Waals surface area contributed by atoms with Crippen LogP contribution in [-0.4, -0.2) is 29.9 Å². The highest BCUT2D eigenvalue weighted by atomic mass is 16.2. The fourth-order valence-electron chi connectivity index (χ4n) is 4.42. The third-order valence-electron chi connectivity index (χ3n) is 6.14. The molecular weight excluding hydrogens is 374 g/mol. The van der Waals surface area contributed by atoms with Gasteiger partial charge in [0.1, 0.15) is 0 Å². The summed E-state index contributed by atoms with van der Waals surface area (Å²) < 4.78 is 0. The van der Waals surface area contributed by atoms with E-state index in [1.807, 2.05) is 34.9 Å². The molecule has 30 heavy (non-hydrogen) atoms. The minimum absolute atomic E-state index is 0.00315. The molecule has 2 aromatic rings. The zero-order chi connectivity index (χ0) is 21.3. The summed E-state index contributed by atoms with van der Waals surface area (Å²) >= 11 is 0. The maximum atomic E-state index is 13.4. The van der Waals surface area contributed by atoms with Crippen molar-refractivity contribution in [1.29, 1.82) is 0 Å². The van der Waals surface area contributed by atoms with Crippen molar-refractivity contribution in [3.05, 3.63) is 58.7 Å².